The van der Waals surface area contributed by atoms with Crippen LogP contribution in [0.15, 0.2) is 145 Å². The Bertz CT molecular complexity index is 2220. The number of benzene rings is 7. The molecule has 0 aromatic heterocycles. The van der Waals surface area contributed by atoms with E-state index in [0.717, 1.165) is 27.5 Å². The van der Waals surface area contributed by atoms with Crippen LogP contribution in [0.25, 0.3) is 54.6 Å². The highest BCUT2D eigenvalue weighted by Crippen LogP contribution is 2.41. The van der Waals surface area contributed by atoms with Crippen molar-refractivity contribution in [3.8, 4) is 22.3 Å². The minimum atomic E-state index is -0.397. The van der Waals surface area contributed by atoms with Crippen molar-refractivity contribution in [3.05, 3.63) is 157 Å². The van der Waals surface area contributed by atoms with E-state index in [9.17, 15) is 0 Å². The maximum absolute atomic E-state index is 9.11. The molecule has 0 saturated heterocycles. The van der Waals surface area contributed by atoms with Gasteiger partial charge in [-0.15, -0.1) is 0 Å². The Morgan fingerprint density at radius 3 is 1.68 bits per heavy atom. The molecule has 0 aliphatic rings. The molecule has 0 radical (unpaired) electrons. The van der Waals surface area contributed by atoms with Gasteiger partial charge in [0.2, 0.25) is 0 Å². The molecule has 0 nitrogen and oxygen atoms in total. The average Bonchev–Trinajstić information content (AvgIpc) is 3.08. The summed E-state index contributed by atoms with van der Waals surface area (Å²) in [4.78, 5) is 0. The molecule has 0 atom stereocenters. The Morgan fingerprint density at radius 2 is 0.973 bits per heavy atom. The third kappa shape index (κ3) is 3.79. The van der Waals surface area contributed by atoms with Gasteiger partial charge in [0.1, 0.15) is 0 Å². The van der Waals surface area contributed by atoms with Gasteiger partial charge < -0.3 is 0 Å². The maximum Gasteiger partial charge on any atom is 0.0629 e. The zero-order valence-corrected chi connectivity index (χ0v) is 19.9. The van der Waals surface area contributed by atoms with Gasteiger partial charge in [0.05, 0.1) is 11.0 Å². The minimum Gasteiger partial charge on any atom is -0.0622 e. The second-order valence-corrected chi connectivity index (χ2v) is 9.11. The van der Waals surface area contributed by atoms with E-state index in [4.69, 9.17) is 11.0 Å². The standard InChI is InChI=1S/C37H26/c1-2-11-26(12-3-1)27-21-23-29(24-22-27)37-34-19-8-6-17-32(34)36(33-18-7-9-20-35(33)37)25-30-15-10-14-28-13-4-5-16-31(28)30/h1-24H,25H2/i6D,7D,8D,9D,17D,18D,19D,20D. The molecule has 0 saturated carbocycles. The van der Waals surface area contributed by atoms with E-state index in [0.29, 0.717) is 16.7 Å². The average molecular weight is 479 g/mol. The van der Waals surface area contributed by atoms with Gasteiger partial charge in [-0.2, -0.15) is 0 Å². The molecule has 37 heavy (non-hydrogen) atoms. The molecule has 0 heteroatoms. The summed E-state index contributed by atoms with van der Waals surface area (Å²) in [6.07, 6.45) is 0.200. The molecule has 0 spiro atoms. The molecule has 0 bridgehead atoms. The lowest BCUT2D eigenvalue weighted by molar-refractivity contribution is 1.26. The van der Waals surface area contributed by atoms with Crippen LogP contribution in [-0.4, -0.2) is 0 Å². The molecule has 174 valence electrons. The first-order chi connectivity index (χ1) is 21.7. The van der Waals surface area contributed by atoms with Crippen LogP contribution in [0.5, 0.6) is 0 Å². The summed E-state index contributed by atoms with van der Waals surface area (Å²) < 4.78 is 70.9. The van der Waals surface area contributed by atoms with Gasteiger partial charge in [0, 0.05) is 0 Å². The fraction of sp³-hybridized carbons (Fsp3) is 0.0270. The molecule has 0 amide bonds. The second kappa shape index (κ2) is 9.08. The van der Waals surface area contributed by atoms with Crippen LogP contribution in [0.1, 0.15) is 22.1 Å². The largest absolute Gasteiger partial charge is 0.0629 e. The van der Waals surface area contributed by atoms with Crippen molar-refractivity contribution in [2.75, 3.05) is 0 Å². The molecule has 7 aromatic carbocycles. The van der Waals surface area contributed by atoms with Crippen LogP contribution in [0.2, 0.25) is 0 Å². The molecule has 0 aliphatic heterocycles. The SMILES string of the molecule is [2H]c1c([2H])c([2H])c2c(-c3ccc(-c4ccccc4)cc3)c3c([2H])c([2H])c([2H])c([2H])c3c(Cc3cccc4ccccc34)c2c1[2H]. The summed E-state index contributed by atoms with van der Waals surface area (Å²) in [5, 5.41) is 2.95. The van der Waals surface area contributed by atoms with Crippen LogP contribution >= 0.6 is 0 Å². The Kier molecular flexibility index (Phi) is 3.63. The summed E-state index contributed by atoms with van der Waals surface area (Å²) in [6, 6.07) is 28.6. The first-order valence-corrected chi connectivity index (χ1v) is 12.3. The smallest absolute Gasteiger partial charge is 0.0622 e. The van der Waals surface area contributed by atoms with Crippen LogP contribution in [-0.2, 0) is 6.42 Å². The summed E-state index contributed by atoms with van der Waals surface area (Å²) >= 11 is 0. The number of rotatable bonds is 4. The fourth-order valence-electron chi connectivity index (χ4n) is 5.27. The minimum absolute atomic E-state index is 0.200. The predicted molar refractivity (Wildman–Crippen MR) is 159 cm³/mol. The van der Waals surface area contributed by atoms with E-state index < -0.39 is 24.2 Å². The van der Waals surface area contributed by atoms with E-state index in [-0.39, 0.29) is 52.1 Å². The predicted octanol–water partition coefficient (Wildman–Crippen LogP) is 10.1. The lowest BCUT2D eigenvalue weighted by Gasteiger charge is -2.18. The van der Waals surface area contributed by atoms with Gasteiger partial charge in [0.25, 0.3) is 0 Å². The van der Waals surface area contributed by atoms with Crippen molar-refractivity contribution in [2.24, 2.45) is 0 Å². The zero-order chi connectivity index (χ0) is 31.6. The van der Waals surface area contributed by atoms with E-state index in [1.54, 1.807) is 0 Å². The molecule has 0 fully saturated rings. The van der Waals surface area contributed by atoms with Crippen molar-refractivity contribution in [2.45, 2.75) is 6.42 Å². The van der Waals surface area contributed by atoms with Crippen LogP contribution in [0, 0.1) is 0 Å². The van der Waals surface area contributed by atoms with Gasteiger partial charge in [-0.05, 0) is 72.1 Å². The van der Waals surface area contributed by atoms with Crippen LogP contribution in [0.3, 0.4) is 0 Å². The second-order valence-electron chi connectivity index (χ2n) is 9.11. The molecular weight excluding hydrogens is 444 g/mol. The molecule has 0 heterocycles. The van der Waals surface area contributed by atoms with E-state index in [1.165, 1.54) is 0 Å². The third-order valence-electron chi connectivity index (χ3n) is 7.01. The molecule has 7 rings (SSSR count). The van der Waals surface area contributed by atoms with E-state index >= 15 is 0 Å². The fourth-order valence-corrected chi connectivity index (χ4v) is 5.27. The normalized spacial score (nSPS) is 14.4. The highest BCUT2D eigenvalue weighted by molar-refractivity contribution is 6.15. The number of hydrogen-bond donors (Lipinski definition) is 0. The van der Waals surface area contributed by atoms with Gasteiger partial charge in [-0.25, -0.2) is 0 Å². The van der Waals surface area contributed by atoms with Gasteiger partial charge in [0.15, 0.2) is 0 Å². The molecule has 0 aliphatic carbocycles. The quantitative estimate of drug-likeness (QED) is 0.221. The molecule has 0 N–H and O–H groups in total. The molecular formula is C37H26. The monoisotopic (exact) mass is 478 g/mol. The molecule has 7 aromatic rings. The topological polar surface area (TPSA) is 0 Å². The summed E-state index contributed by atoms with van der Waals surface area (Å²) in [5.74, 6) is 0. The maximum atomic E-state index is 9.11. The number of fused-ring (bicyclic) bond motifs is 3. The Balaban J connectivity index is 1.66. The Labute approximate surface area is 228 Å². The van der Waals surface area contributed by atoms with E-state index in [1.807, 2.05) is 97.1 Å². The van der Waals surface area contributed by atoms with Crippen molar-refractivity contribution in [3.63, 3.8) is 0 Å². The Hall–Kier alpha value is -4.68. The van der Waals surface area contributed by atoms with Crippen molar-refractivity contribution >= 4 is 32.3 Å². The first kappa shape index (κ1) is 14.8. The summed E-state index contributed by atoms with van der Waals surface area (Å²) in [7, 11) is 0. The van der Waals surface area contributed by atoms with Crippen molar-refractivity contribution < 1.29 is 11.0 Å². The third-order valence-corrected chi connectivity index (χ3v) is 7.01. The lowest BCUT2D eigenvalue weighted by Crippen LogP contribution is -1.96. The first-order valence-electron chi connectivity index (χ1n) is 16.3. The van der Waals surface area contributed by atoms with E-state index in [2.05, 4.69) is 0 Å². The zero-order valence-electron chi connectivity index (χ0n) is 27.9. The lowest BCUT2D eigenvalue weighted by atomic mass is 9.85. The highest BCUT2D eigenvalue weighted by atomic mass is 14.2. The van der Waals surface area contributed by atoms with Crippen LogP contribution < -0.4 is 0 Å². The highest BCUT2D eigenvalue weighted by Gasteiger charge is 2.16. The number of hydrogen-bond acceptors (Lipinski definition) is 0. The van der Waals surface area contributed by atoms with Gasteiger partial charge >= 0.3 is 0 Å². The van der Waals surface area contributed by atoms with Crippen molar-refractivity contribution in [1.82, 2.24) is 0 Å². The van der Waals surface area contributed by atoms with Gasteiger partial charge in [-0.1, -0.05) is 145 Å². The van der Waals surface area contributed by atoms with Crippen molar-refractivity contribution in [1.29, 1.82) is 0 Å². The summed E-state index contributed by atoms with van der Waals surface area (Å²) in [6.45, 7) is 0. The molecule has 0 unspecified atom stereocenters. The summed E-state index contributed by atoms with van der Waals surface area (Å²) in [5.41, 5.74) is 4.24. The van der Waals surface area contributed by atoms with Gasteiger partial charge in [-0.3, -0.25) is 0 Å². The Morgan fingerprint density at radius 1 is 0.432 bits per heavy atom. The van der Waals surface area contributed by atoms with Crippen LogP contribution in [0.4, 0.5) is 0 Å².